The van der Waals surface area contributed by atoms with E-state index >= 15 is 0 Å². The summed E-state index contributed by atoms with van der Waals surface area (Å²) in [5, 5.41) is 11.3. The van der Waals surface area contributed by atoms with E-state index < -0.39 is 4.92 Å². The Bertz CT molecular complexity index is 887. The highest BCUT2D eigenvalue weighted by molar-refractivity contribution is 5.87. The SMILES string of the molecule is C/C(COC(C)C)=N\c1cc(-c2cc(C)c(=O)n(C)c2)ccc1[N+](=O)[O-]. The molecule has 0 aliphatic rings. The number of aliphatic imine (C=N–C) groups is 1. The van der Waals surface area contributed by atoms with E-state index in [2.05, 4.69) is 4.99 Å². The van der Waals surface area contributed by atoms with Crippen molar-refractivity contribution in [1.29, 1.82) is 0 Å². The number of nitro benzene ring substituents is 1. The maximum absolute atomic E-state index is 11.9. The van der Waals surface area contributed by atoms with Crippen LogP contribution in [-0.2, 0) is 11.8 Å². The van der Waals surface area contributed by atoms with Gasteiger partial charge < -0.3 is 9.30 Å². The molecule has 2 aromatic rings. The molecule has 0 radical (unpaired) electrons. The Morgan fingerprint density at radius 1 is 1.31 bits per heavy atom. The van der Waals surface area contributed by atoms with E-state index in [0.717, 1.165) is 11.1 Å². The molecule has 138 valence electrons. The summed E-state index contributed by atoms with van der Waals surface area (Å²) in [6, 6.07) is 6.53. The van der Waals surface area contributed by atoms with Crippen molar-refractivity contribution in [2.24, 2.45) is 12.0 Å². The molecule has 0 fully saturated rings. The lowest BCUT2D eigenvalue weighted by Gasteiger charge is -2.09. The van der Waals surface area contributed by atoms with Crippen LogP contribution in [0.1, 0.15) is 26.3 Å². The maximum atomic E-state index is 11.9. The Kier molecular flexibility index (Phi) is 6.05. The monoisotopic (exact) mass is 357 g/mol. The van der Waals surface area contributed by atoms with Crippen LogP contribution in [0.25, 0.3) is 11.1 Å². The van der Waals surface area contributed by atoms with Crippen LogP contribution in [0.5, 0.6) is 0 Å². The minimum Gasteiger partial charge on any atom is -0.373 e. The van der Waals surface area contributed by atoms with Gasteiger partial charge in [-0.2, -0.15) is 0 Å². The van der Waals surface area contributed by atoms with Gasteiger partial charge in [0.15, 0.2) is 0 Å². The van der Waals surface area contributed by atoms with E-state index in [1.165, 1.54) is 10.6 Å². The van der Waals surface area contributed by atoms with E-state index in [0.29, 0.717) is 17.9 Å². The predicted octanol–water partition coefficient (Wildman–Crippen LogP) is 3.79. The highest BCUT2D eigenvalue weighted by atomic mass is 16.6. The minimum atomic E-state index is -0.453. The maximum Gasteiger partial charge on any atom is 0.294 e. The molecule has 7 heteroatoms. The van der Waals surface area contributed by atoms with Crippen LogP contribution in [0, 0.1) is 17.0 Å². The predicted molar refractivity (Wildman–Crippen MR) is 102 cm³/mol. The van der Waals surface area contributed by atoms with Crippen molar-refractivity contribution in [2.75, 3.05) is 6.61 Å². The first-order valence-corrected chi connectivity index (χ1v) is 8.31. The third-order valence-electron chi connectivity index (χ3n) is 3.80. The van der Waals surface area contributed by atoms with Crippen LogP contribution in [0.2, 0.25) is 0 Å². The number of benzene rings is 1. The second kappa shape index (κ2) is 8.05. The Balaban J connectivity index is 2.50. The first-order chi connectivity index (χ1) is 12.2. The van der Waals surface area contributed by atoms with E-state index in [1.807, 2.05) is 13.8 Å². The van der Waals surface area contributed by atoms with Crippen LogP contribution in [0.15, 0.2) is 40.2 Å². The first-order valence-electron chi connectivity index (χ1n) is 8.31. The average molecular weight is 357 g/mol. The van der Waals surface area contributed by atoms with Crippen LogP contribution in [0.3, 0.4) is 0 Å². The third-order valence-corrected chi connectivity index (χ3v) is 3.80. The standard InChI is InChI=1S/C19H23N3O4/c1-12(2)26-11-14(4)20-17-9-15(6-7-18(17)22(24)25)16-8-13(3)19(23)21(5)10-16/h6-10,12H,11H2,1-5H3/b20-14+. The van der Waals surface area contributed by atoms with Gasteiger partial charge in [0.2, 0.25) is 0 Å². The topological polar surface area (TPSA) is 86.7 Å². The molecular weight excluding hydrogens is 334 g/mol. The molecule has 0 spiro atoms. The molecule has 0 N–H and O–H groups in total. The smallest absolute Gasteiger partial charge is 0.294 e. The third kappa shape index (κ3) is 4.64. The summed E-state index contributed by atoms with van der Waals surface area (Å²) in [6.07, 6.45) is 1.76. The Morgan fingerprint density at radius 3 is 2.58 bits per heavy atom. The number of hydrogen-bond donors (Lipinski definition) is 0. The molecule has 1 heterocycles. The molecule has 0 aliphatic heterocycles. The summed E-state index contributed by atoms with van der Waals surface area (Å²) in [5.41, 5.74) is 2.93. The summed E-state index contributed by atoms with van der Waals surface area (Å²) >= 11 is 0. The fraction of sp³-hybridized carbons (Fsp3) is 0.368. The van der Waals surface area contributed by atoms with Crippen LogP contribution < -0.4 is 5.56 Å². The Labute approximate surface area is 152 Å². The number of nitrogens with zero attached hydrogens (tertiary/aromatic N) is 3. The van der Waals surface area contributed by atoms with Gasteiger partial charge in [0.1, 0.15) is 5.69 Å². The van der Waals surface area contributed by atoms with Crippen molar-refractivity contribution in [3.63, 3.8) is 0 Å². The molecule has 0 saturated carbocycles. The molecule has 0 saturated heterocycles. The molecule has 0 unspecified atom stereocenters. The van der Waals surface area contributed by atoms with E-state index in [4.69, 9.17) is 4.74 Å². The van der Waals surface area contributed by atoms with Crippen LogP contribution >= 0.6 is 0 Å². The van der Waals surface area contributed by atoms with E-state index in [-0.39, 0.29) is 23.0 Å². The van der Waals surface area contributed by atoms with Gasteiger partial charge in [-0.05, 0) is 57.0 Å². The van der Waals surface area contributed by atoms with Crippen molar-refractivity contribution in [3.05, 3.63) is 56.5 Å². The van der Waals surface area contributed by atoms with Crippen molar-refractivity contribution >= 4 is 17.1 Å². The molecule has 7 nitrogen and oxygen atoms in total. The van der Waals surface area contributed by atoms with Crippen molar-refractivity contribution < 1.29 is 9.66 Å². The first kappa shape index (κ1) is 19.5. The number of hydrogen-bond acceptors (Lipinski definition) is 5. The van der Waals surface area contributed by atoms with Gasteiger partial charge in [0, 0.05) is 30.6 Å². The number of rotatable bonds is 6. The molecule has 0 atom stereocenters. The summed E-state index contributed by atoms with van der Waals surface area (Å²) in [4.78, 5) is 27.1. The molecular formula is C19H23N3O4. The number of pyridine rings is 1. The molecule has 0 aliphatic carbocycles. The molecule has 0 bridgehead atoms. The van der Waals surface area contributed by atoms with Gasteiger partial charge in [0.05, 0.1) is 17.6 Å². The van der Waals surface area contributed by atoms with Crippen molar-refractivity contribution in [1.82, 2.24) is 4.57 Å². The van der Waals surface area contributed by atoms with Crippen LogP contribution in [-0.4, -0.2) is 27.9 Å². The Hall–Kier alpha value is -2.80. The zero-order valence-electron chi connectivity index (χ0n) is 15.6. The number of aromatic nitrogens is 1. The van der Waals surface area contributed by atoms with Crippen LogP contribution in [0.4, 0.5) is 11.4 Å². The fourth-order valence-electron chi connectivity index (χ4n) is 2.51. The molecule has 1 aromatic carbocycles. The number of ether oxygens (including phenoxy) is 1. The molecule has 2 rings (SSSR count). The lowest BCUT2D eigenvalue weighted by molar-refractivity contribution is -0.384. The van der Waals surface area contributed by atoms with E-state index in [1.54, 1.807) is 45.3 Å². The number of aryl methyl sites for hydroxylation is 2. The van der Waals surface area contributed by atoms with Gasteiger partial charge in [-0.3, -0.25) is 14.9 Å². The molecule has 1 aromatic heterocycles. The number of nitro groups is 1. The zero-order valence-corrected chi connectivity index (χ0v) is 15.6. The quantitative estimate of drug-likeness (QED) is 0.447. The normalized spacial score (nSPS) is 11.8. The Morgan fingerprint density at radius 2 is 2.00 bits per heavy atom. The summed E-state index contributed by atoms with van der Waals surface area (Å²) in [5.74, 6) is 0. The van der Waals surface area contributed by atoms with Gasteiger partial charge in [-0.25, -0.2) is 4.99 Å². The minimum absolute atomic E-state index is 0.0510. The van der Waals surface area contributed by atoms with E-state index in [9.17, 15) is 14.9 Å². The lowest BCUT2D eigenvalue weighted by Crippen LogP contribution is -2.18. The summed E-state index contributed by atoms with van der Waals surface area (Å²) in [6.45, 7) is 7.65. The summed E-state index contributed by atoms with van der Waals surface area (Å²) < 4.78 is 6.99. The molecule has 0 amide bonds. The lowest BCUT2D eigenvalue weighted by atomic mass is 10.0. The van der Waals surface area contributed by atoms with Gasteiger partial charge in [-0.1, -0.05) is 0 Å². The van der Waals surface area contributed by atoms with Gasteiger partial charge in [-0.15, -0.1) is 0 Å². The second-order valence-corrected chi connectivity index (χ2v) is 6.50. The fourth-order valence-corrected chi connectivity index (χ4v) is 2.51. The second-order valence-electron chi connectivity index (χ2n) is 6.50. The van der Waals surface area contributed by atoms with Crippen molar-refractivity contribution in [3.8, 4) is 11.1 Å². The highest BCUT2D eigenvalue weighted by Gasteiger charge is 2.15. The largest absolute Gasteiger partial charge is 0.373 e. The summed E-state index contributed by atoms with van der Waals surface area (Å²) in [7, 11) is 1.68. The van der Waals surface area contributed by atoms with Gasteiger partial charge >= 0.3 is 0 Å². The average Bonchev–Trinajstić information content (AvgIpc) is 2.57. The molecule has 26 heavy (non-hydrogen) atoms. The highest BCUT2D eigenvalue weighted by Crippen LogP contribution is 2.32. The van der Waals surface area contributed by atoms with Crippen molar-refractivity contribution in [2.45, 2.75) is 33.8 Å². The zero-order chi connectivity index (χ0) is 19.4. The van der Waals surface area contributed by atoms with Gasteiger partial charge in [0.25, 0.3) is 11.2 Å².